The van der Waals surface area contributed by atoms with Crippen molar-refractivity contribution in [3.8, 4) is 6.07 Å². The zero-order valence-electron chi connectivity index (χ0n) is 11.5. The topological polar surface area (TPSA) is 82.2 Å². The molecule has 106 valence electrons. The van der Waals surface area contributed by atoms with Crippen LogP contribution in [0.15, 0.2) is 18.2 Å². The number of anilines is 1. The number of hydrogen-bond acceptors (Lipinski definition) is 5. The van der Waals surface area contributed by atoms with Crippen molar-refractivity contribution in [2.75, 3.05) is 24.5 Å². The highest BCUT2D eigenvalue weighted by Gasteiger charge is 2.20. The normalized spacial score (nSPS) is 17.7. The molecule has 6 nitrogen and oxygen atoms in total. The molecular weight excluding hydrogens is 256 g/mol. The fourth-order valence-electron chi connectivity index (χ4n) is 2.57. The van der Waals surface area contributed by atoms with Gasteiger partial charge in [-0.2, -0.15) is 5.26 Å². The number of hydrogen-bond donors (Lipinski definition) is 1. The van der Waals surface area contributed by atoms with E-state index in [9.17, 15) is 10.1 Å². The highest BCUT2D eigenvalue weighted by Crippen LogP contribution is 2.25. The monoisotopic (exact) mass is 274 g/mol. The van der Waals surface area contributed by atoms with E-state index in [1.807, 2.05) is 13.0 Å². The molecule has 1 aromatic carbocycles. The van der Waals surface area contributed by atoms with Gasteiger partial charge in [-0.25, -0.2) is 0 Å². The molecule has 0 amide bonds. The molecule has 0 aromatic heterocycles. The third-order valence-electron chi connectivity index (χ3n) is 3.65. The van der Waals surface area contributed by atoms with Crippen LogP contribution in [0.4, 0.5) is 11.4 Å². The van der Waals surface area contributed by atoms with Crippen LogP contribution in [0.3, 0.4) is 0 Å². The average Bonchev–Trinajstić information content (AvgIpc) is 2.96. The van der Waals surface area contributed by atoms with Crippen LogP contribution in [0.5, 0.6) is 0 Å². The van der Waals surface area contributed by atoms with Crippen LogP contribution < -0.4 is 10.2 Å². The van der Waals surface area contributed by atoms with E-state index in [1.165, 1.54) is 12.5 Å². The molecule has 6 heteroatoms. The number of nitro benzene ring substituents is 1. The van der Waals surface area contributed by atoms with Gasteiger partial charge in [0.15, 0.2) is 0 Å². The summed E-state index contributed by atoms with van der Waals surface area (Å²) in [5.41, 5.74) is 0.847. The predicted molar refractivity (Wildman–Crippen MR) is 76.7 cm³/mol. The second-order valence-corrected chi connectivity index (χ2v) is 4.90. The third kappa shape index (κ3) is 3.06. The minimum atomic E-state index is -0.517. The maximum absolute atomic E-state index is 10.8. The Morgan fingerprint density at radius 1 is 1.60 bits per heavy atom. The van der Waals surface area contributed by atoms with Crippen molar-refractivity contribution in [2.45, 2.75) is 25.8 Å². The van der Waals surface area contributed by atoms with Crippen molar-refractivity contribution in [3.63, 3.8) is 0 Å². The number of rotatable bonds is 5. The molecule has 0 saturated carbocycles. The lowest BCUT2D eigenvalue weighted by Gasteiger charge is -2.26. The van der Waals surface area contributed by atoms with Crippen molar-refractivity contribution in [1.82, 2.24) is 5.32 Å². The number of likely N-dealkylation sites (N-methyl/N-ethyl adjacent to an activating group) is 1. The highest BCUT2D eigenvalue weighted by molar-refractivity contribution is 5.59. The molecule has 1 aliphatic heterocycles. The zero-order chi connectivity index (χ0) is 14.5. The van der Waals surface area contributed by atoms with Gasteiger partial charge in [-0.3, -0.25) is 10.1 Å². The van der Waals surface area contributed by atoms with E-state index in [2.05, 4.69) is 10.2 Å². The number of nitrogens with zero attached hydrogens (tertiary/aromatic N) is 3. The molecule has 1 heterocycles. The summed E-state index contributed by atoms with van der Waals surface area (Å²) in [6, 6.07) is 7.10. The molecule has 0 bridgehead atoms. The molecule has 1 aliphatic rings. The van der Waals surface area contributed by atoms with Crippen LogP contribution in [-0.4, -0.2) is 30.6 Å². The lowest BCUT2D eigenvalue weighted by atomic mass is 10.1. The maximum Gasteiger partial charge on any atom is 0.287 e. The average molecular weight is 274 g/mol. The number of benzene rings is 1. The summed E-state index contributed by atoms with van der Waals surface area (Å²) in [5.74, 6) is 0. The van der Waals surface area contributed by atoms with Gasteiger partial charge in [0.05, 0.1) is 4.92 Å². The molecule has 1 saturated heterocycles. The summed E-state index contributed by atoms with van der Waals surface area (Å²) in [6.45, 7) is 4.76. The molecule has 0 spiro atoms. The lowest BCUT2D eigenvalue weighted by Crippen LogP contribution is -2.37. The Morgan fingerprint density at radius 3 is 2.95 bits per heavy atom. The Balaban J connectivity index is 2.21. The summed E-state index contributed by atoms with van der Waals surface area (Å²) >= 11 is 0. The maximum atomic E-state index is 10.8. The Labute approximate surface area is 118 Å². The molecule has 1 unspecified atom stereocenters. The number of nitriles is 1. The van der Waals surface area contributed by atoms with Gasteiger partial charge in [0.2, 0.25) is 0 Å². The minimum absolute atomic E-state index is 0.116. The van der Waals surface area contributed by atoms with Gasteiger partial charge in [0, 0.05) is 30.9 Å². The molecule has 0 radical (unpaired) electrons. The second-order valence-electron chi connectivity index (χ2n) is 4.90. The first-order valence-electron chi connectivity index (χ1n) is 6.82. The fourth-order valence-corrected chi connectivity index (χ4v) is 2.57. The number of nitrogens with one attached hydrogen (secondary N) is 1. The molecule has 20 heavy (non-hydrogen) atoms. The zero-order valence-corrected chi connectivity index (χ0v) is 11.5. The quantitative estimate of drug-likeness (QED) is 0.656. The second kappa shape index (κ2) is 6.35. The summed E-state index contributed by atoms with van der Waals surface area (Å²) in [7, 11) is 0. The predicted octanol–water partition coefficient (Wildman–Crippen LogP) is 2.04. The largest absolute Gasteiger partial charge is 0.370 e. The fraction of sp³-hybridized carbons (Fsp3) is 0.500. The van der Waals surface area contributed by atoms with Gasteiger partial charge in [0.1, 0.15) is 11.6 Å². The Bertz CT molecular complexity index is 532. The summed E-state index contributed by atoms with van der Waals surface area (Å²) in [5, 5.41) is 23.3. The van der Waals surface area contributed by atoms with E-state index in [1.54, 1.807) is 12.1 Å². The van der Waals surface area contributed by atoms with Gasteiger partial charge in [-0.15, -0.1) is 0 Å². The van der Waals surface area contributed by atoms with Crippen molar-refractivity contribution < 1.29 is 4.92 Å². The van der Waals surface area contributed by atoms with Crippen molar-refractivity contribution in [3.05, 3.63) is 33.9 Å². The van der Waals surface area contributed by atoms with E-state index in [-0.39, 0.29) is 11.3 Å². The molecular formula is C14H18N4O2. The summed E-state index contributed by atoms with van der Waals surface area (Å²) < 4.78 is 0. The van der Waals surface area contributed by atoms with Crippen molar-refractivity contribution in [1.29, 1.82) is 5.26 Å². The van der Waals surface area contributed by atoms with E-state index in [4.69, 9.17) is 5.26 Å². The van der Waals surface area contributed by atoms with Crippen LogP contribution in [0.2, 0.25) is 0 Å². The third-order valence-corrected chi connectivity index (χ3v) is 3.65. The van der Waals surface area contributed by atoms with Gasteiger partial charge in [-0.05, 0) is 38.4 Å². The first kappa shape index (κ1) is 14.3. The van der Waals surface area contributed by atoms with Gasteiger partial charge in [0.25, 0.3) is 5.69 Å². The molecule has 2 rings (SSSR count). The van der Waals surface area contributed by atoms with Crippen LogP contribution in [0, 0.1) is 21.4 Å². The molecule has 1 N–H and O–H groups in total. The van der Waals surface area contributed by atoms with Crippen LogP contribution in [0.25, 0.3) is 0 Å². The Hall–Kier alpha value is -2.13. The van der Waals surface area contributed by atoms with E-state index in [0.717, 1.165) is 31.7 Å². The van der Waals surface area contributed by atoms with Crippen molar-refractivity contribution >= 4 is 11.4 Å². The van der Waals surface area contributed by atoms with Crippen LogP contribution in [0.1, 0.15) is 25.3 Å². The molecule has 1 atom stereocenters. The standard InChI is InChI=1S/C14H18N4O2/c1-2-17(10-12-4-3-7-16-12)13-5-6-14(18(19)20)11(8-13)9-15/h5-6,8,12,16H,2-4,7,10H2,1H3. The first-order chi connectivity index (χ1) is 9.65. The summed E-state index contributed by atoms with van der Waals surface area (Å²) in [6.07, 6.45) is 2.33. The van der Waals surface area contributed by atoms with Crippen LogP contribution in [-0.2, 0) is 0 Å². The van der Waals surface area contributed by atoms with Crippen molar-refractivity contribution in [2.24, 2.45) is 0 Å². The molecule has 1 aromatic rings. The van der Waals surface area contributed by atoms with Gasteiger partial charge >= 0.3 is 0 Å². The minimum Gasteiger partial charge on any atom is -0.370 e. The Kier molecular flexibility index (Phi) is 4.53. The lowest BCUT2D eigenvalue weighted by molar-refractivity contribution is -0.385. The smallest absolute Gasteiger partial charge is 0.287 e. The van der Waals surface area contributed by atoms with Gasteiger partial charge < -0.3 is 10.2 Å². The molecule has 0 aliphatic carbocycles. The van der Waals surface area contributed by atoms with E-state index in [0.29, 0.717) is 6.04 Å². The molecule has 1 fully saturated rings. The Morgan fingerprint density at radius 2 is 2.40 bits per heavy atom. The first-order valence-corrected chi connectivity index (χ1v) is 6.82. The van der Waals surface area contributed by atoms with E-state index < -0.39 is 4.92 Å². The van der Waals surface area contributed by atoms with E-state index >= 15 is 0 Å². The summed E-state index contributed by atoms with van der Waals surface area (Å²) in [4.78, 5) is 12.5. The van der Waals surface area contributed by atoms with Crippen LogP contribution >= 0.6 is 0 Å². The SMILES string of the molecule is CCN(CC1CCCN1)c1ccc([N+](=O)[O-])c(C#N)c1. The number of nitro groups is 1. The highest BCUT2D eigenvalue weighted by atomic mass is 16.6. The van der Waals surface area contributed by atoms with Gasteiger partial charge in [-0.1, -0.05) is 0 Å².